The average molecular weight is 419 g/mol. The molecule has 8 heteroatoms. The van der Waals surface area contributed by atoms with Gasteiger partial charge in [-0.1, -0.05) is 6.07 Å². The SMILES string of the molecule is Cc1csc2cnc(N[C@H]3CC[C@H](Nc4ccc(-n5ccccc5=O)cn4)C3)nc12. The third-order valence-corrected chi connectivity index (χ3v) is 6.48. The molecule has 4 heterocycles. The molecule has 1 fully saturated rings. The maximum Gasteiger partial charge on any atom is 0.255 e. The van der Waals surface area contributed by atoms with Crippen molar-refractivity contribution in [1.82, 2.24) is 19.5 Å². The van der Waals surface area contributed by atoms with Crippen LogP contribution in [0.3, 0.4) is 0 Å². The molecule has 1 aliphatic carbocycles. The fraction of sp³-hybridized carbons (Fsp3) is 0.273. The van der Waals surface area contributed by atoms with Gasteiger partial charge in [-0.2, -0.15) is 0 Å². The van der Waals surface area contributed by atoms with Crippen LogP contribution in [-0.2, 0) is 0 Å². The summed E-state index contributed by atoms with van der Waals surface area (Å²) in [4.78, 5) is 25.6. The molecule has 5 rings (SSSR count). The normalized spacial score (nSPS) is 18.6. The first kappa shape index (κ1) is 18.7. The van der Waals surface area contributed by atoms with Crippen molar-refractivity contribution in [3.05, 3.63) is 70.2 Å². The maximum atomic E-state index is 11.9. The Bertz CT molecular complexity index is 1230. The van der Waals surface area contributed by atoms with Crippen molar-refractivity contribution < 1.29 is 0 Å². The van der Waals surface area contributed by atoms with Gasteiger partial charge in [0, 0.05) is 24.3 Å². The number of thiophene rings is 1. The number of aryl methyl sites for hydroxylation is 1. The van der Waals surface area contributed by atoms with E-state index in [4.69, 9.17) is 0 Å². The molecule has 2 N–H and O–H groups in total. The molecule has 0 amide bonds. The molecule has 152 valence electrons. The van der Waals surface area contributed by atoms with Crippen molar-refractivity contribution in [1.29, 1.82) is 0 Å². The monoisotopic (exact) mass is 418 g/mol. The van der Waals surface area contributed by atoms with E-state index in [0.29, 0.717) is 18.0 Å². The summed E-state index contributed by atoms with van der Waals surface area (Å²) in [5.74, 6) is 1.52. The van der Waals surface area contributed by atoms with Crippen LogP contribution in [0.15, 0.2) is 59.1 Å². The summed E-state index contributed by atoms with van der Waals surface area (Å²) in [6, 6.07) is 9.61. The van der Waals surface area contributed by atoms with E-state index in [1.54, 1.807) is 40.4 Å². The van der Waals surface area contributed by atoms with E-state index in [1.165, 1.54) is 5.56 Å². The molecule has 1 saturated carbocycles. The number of hydrogen-bond donors (Lipinski definition) is 2. The Kier molecular flexibility index (Phi) is 4.92. The lowest BCUT2D eigenvalue weighted by Gasteiger charge is -2.15. The summed E-state index contributed by atoms with van der Waals surface area (Å²) < 4.78 is 2.70. The highest BCUT2D eigenvalue weighted by Crippen LogP contribution is 2.27. The van der Waals surface area contributed by atoms with Gasteiger partial charge in [0.05, 0.1) is 28.3 Å². The van der Waals surface area contributed by atoms with Gasteiger partial charge >= 0.3 is 0 Å². The van der Waals surface area contributed by atoms with Gasteiger partial charge in [0.25, 0.3) is 5.56 Å². The first-order chi connectivity index (χ1) is 14.7. The largest absolute Gasteiger partial charge is 0.367 e. The predicted molar refractivity (Wildman–Crippen MR) is 121 cm³/mol. The Hall–Kier alpha value is -3.26. The van der Waals surface area contributed by atoms with E-state index in [0.717, 1.165) is 41.0 Å². The van der Waals surface area contributed by atoms with E-state index in [9.17, 15) is 4.79 Å². The summed E-state index contributed by atoms with van der Waals surface area (Å²) in [6.07, 6.45) is 8.46. The summed E-state index contributed by atoms with van der Waals surface area (Å²) in [7, 11) is 0. The minimum atomic E-state index is -0.0669. The number of pyridine rings is 2. The number of fused-ring (bicyclic) bond motifs is 1. The highest BCUT2D eigenvalue weighted by atomic mass is 32.1. The van der Waals surface area contributed by atoms with Crippen LogP contribution in [0, 0.1) is 6.92 Å². The van der Waals surface area contributed by atoms with Crippen LogP contribution in [0.2, 0.25) is 0 Å². The van der Waals surface area contributed by atoms with Gasteiger partial charge in [0.2, 0.25) is 5.95 Å². The Morgan fingerprint density at radius 2 is 1.93 bits per heavy atom. The van der Waals surface area contributed by atoms with Crippen molar-refractivity contribution in [2.45, 2.75) is 38.3 Å². The number of rotatable bonds is 5. The number of nitrogens with zero attached hydrogens (tertiary/aromatic N) is 4. The van der Waals surface area contributed by atoms with Gasteiger partial charge in [-0.15, -0.1) is 11.3 Å². The van der Waals surface area contributed by atoms with Crippen LogP contribution >= 0.6 is 11.3 Å². The molecular formula is C22H22N6OS. The fourth-order valence-electron chi connectivity index (χ4n) is 3.91. The molecule has 2 atom stereocenters. The summed E-state index contributed by atoms with van der Waals surface area (Å²) in [5, 5.41) is 9.11. The molecule has 4 aromatic heterocycles. The van der Waals surface area contributed by atoms with E-state index in [1.807, 2.05) is 24.4 Å². The third kappa shape index (κ3) is 3.78. The van der Waals surface area contributed by atoms with Gasteiger partial charge in [-0.25, -0.2) is 15.0 Å². The van der Waals surface area contributed by atoms with Crippen molar-refractivity contribution in [2.75, 3.05) is 10.6 Å². The van der Waals surface area contributed by atoms with Gasteiger partial charge in [-0.3, -0.25) is 9.36 Å². The lowest BCUT2D eigenvalue weighted by atomic mass is 10.2. The molecule has 0 spiro atoms. The zero-order valence-corrected chi connectivity index (χ0v) is 17.4. The van der Waals surface area contributed by atoms with E-state index in [2.05, 4.69) is 37.9 Å². The zero-order chi connectivity index (χ0) is 20.5. The van der Waals surface area contributed by atoms with Gasteiger partial charge in [0.15, 0.2) is 0 Å². The van der Waals surface area contributed by atoms with Crippen LogP contribution < -0.4 is 16.2 Å². The molecule has 0 aromatic carbocycles. The Morgan fingerprint density at radius 3 is 2.73 bits per heavy atom. The van der Waals surface area contributed by atoms with Crippen LogP contribution in [0.5, 0.6) is 0 Å². The van der Waals surface area contributed by atoms with E-state index >= 15 is 0 Å². The maximum absolute atomic E-state index is 11.9. The minimum absolute atomic E-state index is 0.0669. The van der Waals surface area contributed by atoms with Crippen molar-refractivity contribution >= 4 is 33.3 Å². The van der Waals surface area contributed by atoms with Crippen LogP contribution in [0.1, 0.15) is 24.8 Å². The molecule has 0 bridgehead atoms. The quantitative estimate of drug-likeness (QED) is 0.510. The minimum Gasteiger partial charge on any atom is -0.367 e. The molecule has 4 aromatic rings. The lowest BCUT2D eigenvalue weighted by molar-refractivity contribution is 0.717. The lowest BCUT2D eigenvalue weighted by Crippen LogP contribution is -2.22. The summed E-state index contributed by atoms with van der Waals surface area (Å²) >= 11 is 1.68. The highest BCUT2D eigenvalue weighted by molar-refractivity contribution is 7.17. The van der Waals surface area contributed by atoms with Crippen LogP contribution in [0.25, 0.3) is 15.9 Å². The second kappa shape index (κ2) is 7.87. The Balaban J connectivity index is 1.21. The Morgan fingerprint density at radius 1 is 1.07 bits per heavy atom. The molecule has 7 nitrogen and oxygen atoms in total. The standard InChI is InChI=1S/C22H22N6OS/c1-14-13-30-18-12-24-22(27-21(14)18)26-16-6-5-15(10-16)25-19-8-7-17(11-23-19)28-9-3-2-4-20(28)29/h2-4,7-9,11-13,15-16H,5-6,10H2,1H3,(H,23,25)(H,24,26,27)/t15-,16-/m0/s1. The van der Waals surface area contributed by atoms with Crippen LogP contribution in [-0.4, -0.2) is 31.6 Å². The third-order valence-electron chi connectivity index (χ3n) is 5.46. The zero-order valence-electron chi connectivity index (χ0n) is 16.6. The molecular weight excluding hydrogens is 396 g/mol. The average Bonchev–Trinajstić information content (AvgIpc) is 3.35. The van der Waals surface area contributed by atoms with E-state index < -0.39 is 0 Å². The smallest absolute Gasteiger partial charge is 0.255 e. The molecule has 1 aliphatic rings. The van der Waals surface area contributed by atoms with Crippen molar-refractivity contribution in [3.63, 3.8) is 0 Å². The summed E-state index contributed by atoms with van der Waals surface area (Å²) in [6.45, 7) is 2.08. The number of aromatic nitrogens is 4. The van der Waals surface area contributed by atoms with Gasteiger partial charge < -0.3 is 10.6 Å². The summed E-state index contributed by atoms with van der Waals surface area (Å²) in [5.41, 5.74) is 2.92. The second-order valence-electron chi connectivity index (χ2n) is 7.63. The van der Waals surface area contributed by atoms with Crippen LogP contribution in [0.4, 0.5) is 11.8 Å². The topological polar surface area (TPSA) is 84.7 Å². The fourth-order valence-corrected chi connectivity index (χ4v) is 4.75. The molecule has 30 heavy (non-hydrogen) atoms. The van der Waals surface area contributed by atoms with Crippen molar-refractivity contribution in [3.8, 4) is 5.69 Å². The number of anilines is 2. The predicted octanol–water partition coefficient (Wildman–Crippen LogP) is 3.99. The molecule has 0 radical (unpaired) electrons. The number of hydrogen-bond acceptors (Lipinski definition) is 7. The second-order valence-corrected chi connectivity index (χ2v) is 8.54. The molecule has 0 saturated heterocycles. The first-order valence-electron chi connectivity index (χ1n) is 10.0. The molecule has 0 aliphatic heterocycles. The highest BCUT2D eigenvalue weighted by Gasteiger charge is 2.25. The van der Waals surface area contributed by atoms with E-state index in [-0.39, 0.29) is 5.56 Å². The van der Waals surface area contributed by atoms with Gasteiger partial charge in [0.1, 0.15) is 5.82 Å². The van der Waals surface area contributed by atoms with Crippen molar-refractivity contribution in [2.24, 2.45) is 0 Å². The van der Waals surface area contributed by atoms with Gasteiger partial charge in [-0.05, 0) is 55.3 Å². The Labute approximate surface area is 177 Å². The molecule has 0 unspecified atom stereocenters. The first-order valence-corrected chi connectivity index (χ1v) is 10.9. The number of nitrogens with one attached hydrogen (secondary N) is 2.